The van der Waals surface area contributed by atoms with Crippen LogP contribution in [-0.2, 0) is 9.63 Å². The summed E-state index contributed by atoms with van der Waals surface area (Å²) in [4.78, 5) is 15.3. The predicted octanol–water partition coefficient (Wildman–Crippen LogP) is 0.790. The van der Waals surface area contributed by atoms with Gasteiger partial charge in [-0.05, 0) is 6.92 Å². The third-order valence-corrected chi connectivity index (χ3v) is 1.32. The van der Waals surface area contributed by atoms with Crippen molar-refractivity contribution in [2.75, 3.05) is 14.2 Å². The number of carbonyl (C=O) groups is 1. The highest BCUT2D eigenvalue weighted by Crippen LogP contribution is 2.01. The van der Waals surface area contributed by atoms with Crippen molar-refractivity contribution in [2.24, 2.45) is 0 Å². The Kier molecular flexibility index (Phi) is 3.81. The summed E-state index contributed by atoms with van der Waals surface area (Å²) in [6.45, 7) is 1.75. The summed E-state index contributed by atoms with van der Waals surface area (Å²) in [5.41, 5.74) is 0. The average Bonchev–Trinajstić information content (AvgIpc) is 1.84. The minimum atomic E-state index is -0.178. The molecule has 0 rings (SSSR count). The second-order valence-corrected chi connectivity index (χ2v) is 3.01. The number of hydroxylamine groups is 2. The number of amides is 1. The maximum Gasteiger partial charge on any atom is 0.259 e. The summed E-state index contributed by atoms with van der Waals surface area (Å²) in [7, 11) is 3.02. The van der Waals surface area contributed by atoms with Gasteiger partial charge in [0, 0.05) is 7.05 Å². The van der Waals surface area contributed by atoms with Gasteiger partial charge >= 0.3 is 0 Å². The van der Waals surface area contributed by atoms with Crippen LogP contribution in [0.2, 0.25) is 0 Å². The van der Waals surface area contributed by atoms with E-state index in [4.69, 9.17) is 0 Å². The van der Waals surface area contributed by atoms with Crippen molar-refractivity contribution in [1.29, 1.82) is 0 Å². The van der Waals surface area contributed by atoms with Crippen molar-refractivity contribution in [1.82, 2.24) is 5.06 Å². The molecule has 0 aromatic carbocycles. The minimum absolute atomic E-state index is 0.0856. The summed E-state index contributed by atoms with van der Waals surface area (Å²) >= 11 is 3.11. The Morgan fingerprint density at radius 2 is 2.22 bits per heavy atom. The molecule has 0 saturated carbocycles. The van der Waals surface area contributed by atoms with Crippen molar-refractivity contribution in [3.63, 3.8) is 0 Å². The normalized spacial score (nSPS) is 12.9. The maximum absolute atomic E-state index is 10.8. The van der Waals surface area contributed by atoms with Gasteiger partial charge in [-0.2, -0.15) is 0 Å². The minimum Gasteiger partial charge on any atom is -0.275 e. The fourth-order valence-electron chi connectivity index (χ4n) is 0.340. The van der Waals surface area contributed by atoms with E-state index < -0.39 is 0 Å². The Bertz CT molecular complexity index is 105. The monoisotopic (exact) mass is 195 g/mol. The lowest BCUT2D eigenvalue weighted by Crippen LogP contribution is -2.30. The van der Waals surface area contributed by atoms with Crippen LogP contribution in [0.5, 0.6) is 0 Å². The van der Waals surface area contributed by atoms with Crippen LogP contribution in [0.4, 0.5) is 0 Å². The number of halogens is 1. The Hall–Kier alpha value is -0.0900. The molecule has 0 aromatic heterocycles. The van der Waals surface area contributed by atoms with E-state index >= 15 is 0 Å². The standard InChI is InChI=1S/C5H10BrNO2/c1-4(6)5(8)7(2)9-3/h4H,1-3H3. The molecule has 0 aromatic rings. The quantitative estimate of drug-likeness (QED) is 0.482. The van der Waals surface area contributed by atoms with Crippen LogP contribution in [-0.4, -0.2) is 30.0 Å². The van der Waals surface area contributed by atoms with Gasteiger partial charge in [-0.1, -0.05) is 15.9 Å². The average molecular weight is 196 g/mol. The number of alkyl halides is 1. The van der Waals surface area contributed by atoms with E-state index in [0.717, 1.165) is 0 Å². The van der Waals surface area contributed by atoms with Gasteiger partial charge in [0.05, 0.1) is 11.9 Å². The maximum atomic E-state index is 10.8. The first-order valence-electron chi connectivity index (χ1n) is 2.55. The molecular weight excluding hydrogens is 186 g/mol. The molecular formula is C5H10BrNO2. The fraction of sp³-hybridized carbons (Fsp3) is 0.800. The topological polar surface area (TPSA) is 29.5 Å². The Morgan fingerprint density at radius 1 is 1.78 bits per heavy atom. The summed E-state index contributed by atoms with van der Waals surface area (Å²) in [5, 5.41) is 1.18. The van der Waals surface area contributed by atoms with Crippen LogP contribution in [0.1, 0.15) is 6.92 Å². The zero-order chi connectivity index (χ0) is 7.44. The molecule has 0 saturated heterocycles. The molecule has 9 heavy (non-hydrogen) atoms. The van der Waals surface area contributed by atoms with Gasteiger partial charge in [-0.25, -0.2) is 5.06 Å². The Morgan fingerprint density at radius 3 is 2.33 bits per heavy atom. The molecule has 0 N–H and O–H groups in total. The van der Waals surface area contributed by atoms with E-state index in [1.807, 2.05) is 0 Å². The summed E-state index contributed by atoms with van der Waals surface area (Å²) in [6.07, 6.45) is 0. The molecule has 3 nitrogen and oxygen atoms in total. The van der Waals surface area contributed by atoms with Crippen molar-refractivity contribution in [3.05, 3.63) is 0 Å². The smallest absolute Gasteiger partial charge is 0.259 e. The number of carbonyl (C=O) groups excluding carboxylic acids is 1. The first-order valence-corrected chi connectivity index (χ1v) is 3.47. The first-order chi connectivity index (χ1) is 4.09. The predicted molar refractivity (Wildman–Crippen MR) is 38.2 cm³/mol. The molecule has 0 fully saturated rings. The molecule has 0 bridgehead atoms. The molecule has 0 aliphatic carbocycles. The van der Waals surface area contributed by atoms with E-state index in [2.05, 4.69) is 20.8 Å². The molecule has 0 spiro atoms. The van der Waals surface area contributed by atoms with E-state index in [0.29, 0.717) is 0 Å². The van der Waals surface area contributed by atoms with Crippen LogP contribution < -0.4 is 0 Å². The molecule has 0 radical (unpaired) electrons. The molecule has 54 valence electrons. The third kappa shape index (κ3) is 2.81. The molecule has 4 heteroatoms. The summed E-state index contributed by atoms with van der Waals surface area (Å²) in [6, 6.07) is 0. The van der Waals surface area contributed by atoms with Gasteiger partial charge in [-0.3, -0.25) is 9.63 Å². The molecule has 0 heterocycles. The zero-order valence-electron chi connectivity index (χ0n) is 5.72. The SMILES string of the molecule is CON(C)C(=O)C(C)Br. The lowest BCUT2D eigenvalue weighted by molar-refractivity contribution is -0.167. The second-order valence-electron chi connectivity index (χ2n) is 1.63. The molecule has 1 unspecified atom stereocenters. The van der Waals surface area contributed by atoms with Crippen molar-refractivity contribution < 1.29 is 9.63 Å². The number of nitrogens with zero attached hydrogens (tertiary/aromatic N) is 1. The zero-order valence-corrected chi connectivity index (χ0v) is 7.31. The molecule has 0 aliphatic rings. The van der Waals surface area contributed by atoms with Gasteiger partial charge < -0.3 is 0 Å². The number of rotatable bonds is 2. The van der Waals surface area contributed by atoms with Gasteiger partial charge in [0.1, 0.15) is 0 Å². The Balaban J connectivity index is 3.73. The van der Waals surface area contributed by atoms with Gasteiger partial charge in [0.15, 0.2) is 0 Å². The van der Waals surface area contributed by atoms with Crippen LogP contribution in [0.25, 0.3) is 0 Å². The summed E-state index contributed by atoms with van der Waals surface area (Å²) in [5.74, 6) is -0.0856. The molecule has 1 atom stereocenters. The highest BCUT2D eigenvalue weighted by molar-refractivity contribution is 9.10. The lowest BCUT2D eigenvalue weighted by Gasteiger charge is -2.14. The van der Waals surface area contributed by atoms with Crippen LogP contribution in [0.3, 0.4) is 0 Å². The van der Waals surface area contributed by atoms with E-state index in [1.165, 1.54) is 12.2 Å². The molecule has 0 aliphatic heterocycles. The van der Waals surface area contributed by atoms with Crippen LogP contribution >= 0.6 is 15.9 Å². The highest BCUT2D eigenvalue weighted by Gasteiger charge is 2.12. The van der Waals surface area contributed by atoms with E-state index in [9.17, 15) is 4.79 Å². The Labute approximate surface area is 63.1 Å². The van der Waals surface area contributed by atoms with Crippen LogP contribution in [0.15, 0.2) is 0 Å². The van der Waals surface area contributed by atoms with Gasteiger partial charge in [0.2, 0.25) is 0 Å². The van der Waals surface area contributed by atoms with Crippen molar-refractivity contribution >= 4 is 21.8 Å². The molecule has 1 amide bonds. The second kappa shape index (κ2) is 3.85. The third-order valence-electron chi connectivity index (χ3n) is 0.925. The van der Waals surface area contributed by atoms with Crippen molar-refractivity contribution in [3.8, 4) is 0 Å². The first kappa shape index (κ1) is 8.91. The lowest BCUT2D eigenvalue weighted by atomic mass is 10.5. The van der Waals surface area contributed by atoms with E-state index in [-0.39, 0.29) is 10.7 Å². The van der Waals surface area contributed by atoms with Gasteiger partial charge in [-0.15, -0.1) is 0 Å². The largest absolute Gasteiger partial charge is 0.275 e. The van der Waals surface area contributed by atoms with Crippen LogP contribution in [0, 0.1) is 0 Å². The highest BCUT2D eigenvalue weighted by atomic mass is 79.9. The van der Waals surface area contributed by atoms with Gasteiger partial charge in [0.25, 0.3) is 5.91 Å². The number of hydrogen-bond acceptors (Lipinski definition) is 2. The van der Waals surface area contributed by atoms with E-state index in [1.54, 1.807) is 14.0 Å². The fourth-order valence-corrected chi connectivity index (χ4v) is 0.629. The van der Waals surface area contributed by atoms with Crippen molar-refractivity contribution in [2.45, 2.75) is 11.8 Å². The number of hydrogen-bond donors (Lipinski definition) is 0. The summed E-state index contributed by atoms with van der Waals surface area (Å²) < 4.78 is 0.